The first-order chi connectivity index (χ1) is 7.28. The summed E-state index contributed by atoms with van der Waals surface area (Å²) in [6.45, 7) is 2.05. The summed E-state index contributed by atoms with van der Waals surface area (Å²) in [5.74, 6) is 1.82. The lowest BCUT2D eigenvalue weighted by atomic mass is 10.3. The number of nitrogens with zero attached hydrogens (tertiary/aromatic N) is 1. The van der Waals surface area contributed by atoms with Crippen LogP contribution in [0.2, 0.25) is 0 Å². The summed E-state index contributed by atoms with van der Waals surface area (Å²) in [6.07, 6.45) is 0.270. The van der Waals surface area contributed by atoms with Crippen molar-refractivity contribution in [1.29, 1.82) is 0 Å². The van der Waals surface area contributed by atoms with Gasteiger partial charge in [-0.05, 0) is 31.2 Å². The summed E-state index contributed by atoms with van der Waals surface area (Å²) in [7, 11) is 1.65. The van der Waals surface area contributed by atoms with Gasteiger partial charge in [0.1, 0.15) is 11.9 Å². The highest BCUT2D eigenvalue weighted by Crippen LogP contribution is 2.24. The lowest BCUT2D eigenvalue weighted by molar-refractivity contribution is 0.252. The van der Waals surface area contributed by atoms with Crippen LogP contribution in [0.5, 0.6) is 5.75 Å². The van der Waals surface area contributed by atoms with Crippen LogP contribution >= 0.6 is 11.8 Å². The number of methoxy groups -OCH3 is 1. The van der Waals surface area contributed by atoms with E-state index in [4.69, 9.17) is 9.47 Å². The molecule has 1 fully saturated rings. The Morgan fingerprint density at radius 1 is 1.40 bits per heavy atom. The fourth-order valence-corrected chi connectivity index (χ4v) is 2.10. The van der Waals surface area contributed by atoms with E-state index in [9.17, 15) is 0 Å². The fourth-order valence-electron chi connectivity index (χ4n) is 1.25. The van der Waals surface area contributed by atoms with Gasteiger partial charge in [0.2, 0.25) is 0 Å². The topological polar surface area (TPSA) is 30.8 Å². The van der Waals surface area contributed by atoms with Crippen molar-refractivity contribution >= 4 is 22.7 Å². The molecule has 1 saturated heterocycles. The Kier molecular flexibility index (Phi) is 3.16. The van der Waals surface area contributed by atoms with Crippen LogP contribution in [-0.2, 0) is 4.74 Å². The molecule has 0 N–H and O–H groups in total. The van der Waals surface area contributed by atoms with E-state index < -0.39 is 0 Å². The molecule has 0 aliphatic carbocycles. The molecule has 1 atom stereocenters. The Bertz CT molecular complexity index is 361. The van der Waals surface area contributed by atoms with Gasteiger partial charge in [0.05, 0.1) is 12.8 Å². The SMILES string of the molecule is COc1ccc(N=C2O[C@@H](C)CS2)cc1. The van der Waals surface area contributed by atoms with E-state index in [0.717, 1.165) is 22.4 Å². The second kappa shape index (κ2) is 4.57. The average molecular weight is 223 g/mol. The van der Waals surface area contributed by atoms with Crippen LogP contribution in [0.25, 0.3) is 0 Å². The Hall–Kier alpha value is -1.16. The second-order valence-electron chi connectivity index (χ2n) is 3.32. The van der Waals surface area contributed by atoms with Gasteiger partial charge in [-0.25, -0.2) is 4.99 Å². The monoisotopic (exact) mass is 223 g/mol. The highest BCUT2D eigenvalue weighted by Gasteiger charge is 2.17. The summed E-state index contributed by atoms with van der Waals surface area (Å²) in [6, 6.07) is 7.61. The largest absolute Gasteiger partial charge is 0.497 e. The molecule has 0 radical (unpaired) electrons. The van der Waals surface area contributed by atoms with Crippen molar-refractivity contribution in [2.45, 2.75) is 13.0 Å². The molecule has 0 unspecified atom stereocenters. The molecule has 0 spiro atoms. The van der Waals surface area contributed by atoms with E-state index in [1.807, 2.05) is 31.2 Å². The standard InChI is InChI=1S/C11H13NO2S/c1-8-7-15-11(14-8)12-9-3-5-10(13-2)6-4-9/h3-6,8H,7H2,1-2H3/t8-/m0/s1. The van der Waals surface area contributed by atoms with Gasteiger partial charge in [0.15, 0.2) is 0 Å². The lowest BCUT2D eigenvalue weighted by Crippen LogP contribution is -2.02. The van der Waals surface area contributed by atoms with Crippen molar-refractivity contribution < 1.29 is 9.47 Å². The molecule has 0 saturated carbocycles. The van der Waals surface area contributed by atoms with E-state index in [2.05, 4.69) is 4.99 Å². The molecule has 1 aliphatic rings. The Morgan fingerprint density at radius 3 is 2.67 bits per heavy atom. The molecule has 0 bridgehead atoms. The quantitative estimate of drug-likeness (QED) is 0.772. The molecular weight excluding hydrogens is 210 g/mol. The third kappa shape index (κ3) is 2.65. The summed E-state index contributed by atoms with van der Waals surface area (Å²) >= 11 is 1.65. The van der Waals surface area contributed by atoms with Crippen molar-refractivity contribution in [3.63, 3.8) is 0 Å². The van der Waals surface area contributed by atoms with Crippen molar-refractivity contribution in [1.82, 2.24) is 0 Å². The van der Waals surface area contributed by atoms with Gasteiger partial charge in [0.25, 0.3) is 5.23 Å². The minimum atomic E-state index is 0.270. The maximum Gasteiger partial charge on any atom is 0.251 e. The smallest absolute Gasteiger partial charge is 0.251 e. The number of rotatable bonds is 2. The third-order valence-electron chi connectivity index (χ3n) is 2.04. The van der Waals surface area contributed by atoms with Crippen LogP contribution in [0.1, 0.15) is 6.92 Å². The molecule has 0 aromatic heterocycles. The minimum absolute atomic E-state index is 0.270. The van der Waals surface area contributed by atoms with Crippen molar-refractivity contribution in [2.24, 2.45) is 4.99 Å². The molecule has 3 nitrogen and oxygen atoms in total. The molecule has 2 rings (SSSR count). The summed E-state index contributed by atoms with van der Waals surface area (Å²) in [5.41, 5.74) is 0.896. The van der Waals surface area contributed by atoms with Crippen molar-refractivity contribution in [2.75, 3.05) is 12.9 Å². The molecule has 1 aromatic rings. The molecule has 4 heteroatoms. The predicted molar refractivity (Wildman–Crippen MR) is 63.1 cm³/mol. The van der Waals surface area contributed by atoms with E-state index >= 15 is 0 Å². The lowest BCUT2D eigenvalue weighted by Gasteiger charge is -2.01. The van der Waals surface area contributed by atoms with Gasteiger partial charge >= 0.3 is 0 Å². The maximum atomic E-state index is 5.50. The Balaban J connectivity index is 2.10. The van der Waals surface area contributed by atoms with Gasteiger partial charge < -0.3 is 9.47 Å². The third-order valence-corrected chi connectivity index (χ3v) is 3.11. The van der Waals surface area contributed by atoms with Gasteiger partial charge in [-0.2, -0.15) is 0 Å². The fraction of sp³-hybridized carbons (Fsp3) is 0.364. The predicted octanol–water partition coefficient (Wildman–Crippen LogP) is 2.83. The molecular formula is C11H13NO2S. The highest BCUT2D eigenvalue weighted by atomic mass is 32.2. The summed E-state index contributed by atoms with van der Waals surface area (Å²) < 4.78 is 10.6. The highest BCUT2D eigenvalue weighted by molar-refractivity contribution is 8.13. The molecule has 1 aliphatic heterocycles. The normalized spacial score (nSPS) is 22.8. The van der Waals surface area contributed by atoms with Crippen molar-refractivity contribution in [3.8, 4) is 5.75 Å². The van der Waals surface area contributed by atoms with Gasteiger partial charge in [-0.15, -0.1) is 0 Å². The second-order valence-corrected chi connectivity index (χ2v) is 4.29. The maximum absolute atomic E-state index is 5.50. The number of ether oxygens (including phenoxy) is 2. The molecule has 80 valence electrons. The Morgan fingerprint density at radius 2 is 2.13 bits per heavy atom. The van der Waals surface area contributed by atoms with Crippen molar-refractivity contribution in [3.05, 3.63) is 24.3 Å². The van der Waals surface area contributed by atoms with Crippen LogP contribution in [-0.4, -0.2) is 24.2 Å². The van der Waals surface area contributed by atoms with Crippen LogP contribution in [0.15, 0.2) is 29.3 Å². The van der Waals surface area contributed by atoms with Gasteiger partial charge in [-0.3, -0.25) is 0 Å². The average Bonchev–Trinajstić information content (AvgIpc) is 2.65. The first-order valence-corrected chi connectivity index (χ1v) is 5.78. The van der Waals surface area contributed by atoms with Gasteiger partial charge in [-0.1, -0.05) is 11.8 Å². The first kappa shape index (κ1) is 10.4. The van der Waals surface area contributed by atoms with Crippen LogP contribution < -0.4 is 4.74 Å². The molecule has 1 heterocycles. The zero-order valence-electron chi connectivity index (χ0n) is 8.77. The van der Waals surface area contributed by atoms with Crippen LogP contribution in [0, 0.1) is 0 Å². The number of aliphatic imine (C=N–C) groups is 1. The molecule has 1 aromatic carbocycles. The van der Waals surface area contributed by atoms with E-state index in [0.29, 0.717) is 0 Å². The van der Waals surface area contributed by atoms with Gasteiger partial charge in [0, 0.05) is 5.75 Å². The van der Waals surface area contributed by atoms with Crippen LogP contribution in [0.4, 0.5) is 5.69 Å². The Labute approximate surface area is 93.5 Å². The zero-order valence-corrected chi connectivity index (χ0v) is 9.58. The number of thioether (sulfide) groups is 1. The zero-order chi connectivity index (χ0) is 10.7. The van der Waals surface area contributed by atoms with Crippen LogP contribution in [0.3, 0.4) is 0 Å². The summed E-state index contributed by atoms with van der Waals surface area (Å²) in [5, 5.41) is 0.757. The number of hydrogen-bond acceptors (Lipinski definition) is 4. The number of hydrogen-bond donors (Lipinski definition) is 0. The molecule has 15 heavy (non-hydrogen) atoms. The molecule has 0 amide bonds. The number of benzene rings is 1. The van der Waals surface area contributed by atoms with E-state index in [-0.39, 0.29) is 6.10 Å². The first-order valence-electron chi connectivity index (χ1n) is 4.80. The summed E-state index contributed by atoms with van der Waals surface area (Å²) in [4.78, 5) is 4.39. The van der Waals surface area contributed by atoms with E-state index in [1.54, 1.807) is 18.9 Å². The minimum Gasteiger partial charge on any atom is -0.497 e. The van der Waals surface area contributed by atoms with E-state index in [1.165, 1.54) is 0 Å².